The molecule has 0 fully saturated rings. The van der Waals surface area contributed by atoms with Crippen LogP contribution in [0.5, 0.6) is 0 Å². The number of aryl methyl sites for hydroxylation is 2. The minimum Gasteiger partial charge on any atom is -0.399 e. The average molecular weight is 319 g/mol. The van der Waals surface area contributed by atoms with E-state index in [1.807, 2.05) is 38.1 Å². The van der Waals surface area contributed by atoms with Gasteiger partial charge in [-0.1, -0.05) is 28.1 Å². The smallest absolute Gasteiger partial charge is 0.256 e. The summed E-state index contributed by atoms with van der Waals surface area (Å²) in [6, 6.07) is 11.1. The predicted octanol–water partition coefficient (Wildman–Crippen LogP) is 3.90. The van der Waals surface area contributed by atoms with Crippen molar-refractivity contribution in [2.75, 3.05) is 11.1 Å². The van der Waals surface area contributed by atoms with Crippen LogP contribution in [0, 0.1) is 13.8 Å². The summed E-state index contributed by atoms with van der Waals surface area (Å²) in [5.74, 6) is -0.147. The second kappa shape index (κ2) is 5.45. The van der Waals surface area contributed by atoms with Crippen LogP contribution in [0.2, 0.25) is 0 Å². The zero-order valence-electron chi connectivity index (χ0n) is 10.8. The van der Waals surface area contributed by atoms with Crippen molar-refractivity contribution in [3.8, 4) is 0 Å². The molecule has 2 aromatic carbocycles. The van der Waals surface area contributed by atoms with Gasteiger partial charge < -0.3 is 11.1 Å². The number of benzene rings is 2. The standard InChI is InChI=1S/C15H15BrN2O/c1-9-4-6-12(17)8-13(9)15(19)18-14-7-11(16)5-3-10(14)2/h3-8H,17H2,1-2H3,(H,18,19). The summed E-state index contributed by atoms with van der Waals surface area (Å²) >= 11 is 3.40. The average Bonchev–Trinajstić information content (AvgIpc) is 2.36. The van der Waals surface area contributed by atoms with E-state index < -0.39 is 0 Å². The molecule has 0 heterocycles. The van der Waals surface area contributed by atoms with E-state index in [1.165, 1.54) is 0 Å². The topological polar surface area (TPSA) is 55.1 Å². The lowest BCUT2D eigenvalue weighted by Gasteiger charge is -2.11. The van der Waals surface area contributed by atoms with Gasteiger partial charge in [-0.05, 0) is 49.2 Å². The number of carbonyl (C=O) groups is 1. The van der Waals surface area contributed by atoms with Crippen LogP contribution < -0.4 is 11.1 Å². The Morgan fingerprint density at radius 1 is 1.11 bits per heavy atom. The molecular formula is C15H15BrN2O. The van der Waals surface area contributed by atoms with Gasteiger partial charge in [0.05, 0.1) is 0 Å². The molecule has 2 aromatic rings. The Morgan fingerprint density at radius 3 is 2.53 bits per heavy atom. The van der Waals surface area contributed by atoms with Crippen molar-refractivity contribution in [2.24, 2.45) is 0 Å². The van der Waals surface area contributed by atoms with E-state index in [0.717, 1.165) is 21.3 Å². The maximum atomic E-state index is 12.3. The molecule has 3 N–H and O–H groups in total. The highest BCUT2D eigenvalue weighted by molar-refractivity contribution is 9.10. The molecule has 0 bridgehead atoms. The summed E-state index contributed by atoms with van der Waals surface area (Å²) < 4.78 is 0.928. The first-order valence-corrected chi connectivity index (χ1v) is 6.70. The van der Waals surface area contributed by atoms with E-state index in [2.05, 4.69) is 21.2 Å². The Kier molecular flexibility index (Phi) is 3.90. The lowest BCUT2D eigenvalue weighted by atomic mass is 10.1. The quantitative estimate of drug-likeness (QED) is 0.825. The monoisotopic (exact) mass is 318 g/mol. The highest BCUT2D eigenvalue weighted by atomic mass is 79.9. The highest BCUT2D eigenvalue weighted by Gasteiger charge is 2.11. The van der Waals surface area contributed by atoms with Gasteiger partial charge in [0, 0.05) is 21.4 Å². The number of hydrogen-bond donors (Lipinski definition) is 2. The molecule has 0 aliphatic rings. The number of nitrogens with one attached hydrogen (secondary N) is 1. The Bertz CT molecular complexity index is 638. The van der Waals surface area contributed by atoms with E-state index in [0.29, 0.717) is 11.3 Å². The van der Waals surface area contributed by atoms with E-state index in [9.17, 15) is 4.79 Å². The zero-order chi connectivity index (χ0) is 14.0. The summed E-state index contributed by atoms with van der Waals surface area (Å²) in [6.45, 7) is 3.84. The van der Waals surface area contributed by atoms with Crippen LogP contribution in [0.4, 0.5) is 11.4 Å². The molecule has 0 aromatic heterocycles. The van der Waals surface area contributed by atoms with Gasteiger partial charge in [0.2, 0.25) is 0 Å². The molecule has 19 heavy (non-hydrogen) atoms. The molecule has 0 saturated heterocycles. The van der Waals surface area contributed by atoms with Crippen molar-refractivity contribution in [2.45, 2.75) is 13.8 Å². The number of nitrogen functional groups attached to an aromatic ring is 1. The van der Waals surface area contributed by atoms with Crippen molar-refractivity contribution in [1.29, 1.82) is 0 Å². The number of nitrogens with two attached hydrogens (primary N) is 1. The molecule has 0 aliphatic heterocycles. The normalized spacial score (nSPS) is 10.3. The van der Waals surface area contributed by atoms with Gasteiger partial charge in [0.25, 0.3) is 5.91 Å². The first kappa shape index (κ1) is 13.6. The van der Waals surface area contributed by atoms with E-state index in [4.69, 9.17) is 5.73 Å². The van der Waals surface area contributed by atoms with Crippen molar-refractivity contribution >= 4 is 33.2 Å². The van der Waals surface area contributed by atoms with Crippen LogP contribution >= 0.6 is 15.9 Å². The Hall–Kier alpha value is -1.81. The number of anilines is 2. The van der Waals surface area contributed by atoms with Crippen LogP contribution in [0.3, 0.4) is 0 Å². The molecule has 0 radical (unpaired) electrons. The van der Waals surface area contributed by atoms with Crippen LogP contribution in [0.25, 0.3) is 0 Å². The van der Waals surface area contributed by atoms with Gasteiger partial charge in [0.1, 0.15) is 0 Å². The molecule has 0 aliphatic carbocycles. The SMILES string of the molecule is Cc1ccc(Br)cc1NC(=O)c1cc(N)ccc1C. The molecule has 98 valence electrons. The van der Waals surface area contributed by atoms with Crippen LogP contribution in [-0.2, 0) is 0 Å². The first-order chi connectivity index (χ1) is 8.97. The fraction of sp³-hybridized carbons (Fsp3) is 0.133. The molecule has 3 nitrogen and oxygen atoms in total. The van der Waals surface area contributed by atoms with Crippen molar-refractivity contribution in [3.63, 3.8) is 0 Å². The second-order valence-electron chi connectivity index (χ2n) is 4.49. The number of rotatable bonds is 2. The summed E-state index contributed by atoms with van der Waals surface area (Å²) in [5, 5.41) is 2.91. The van der Waals surface area contributed by atoms with Crippen LogP contribution in [-0.4, -0.2) is 5.91 Å². The molecule has 0 saturated carbocycles. The third-order valence-electron chi connectivity index (χ3n) is 2.95. The minimum absolute atomic E-state index is 0.147. The third kappa shape index (κ3) is 3.15. The Balaban J connectivity index is 2.30. The summed E-state index contributed by atoms with van der Waals surface area (Å²) in [4.78, 5) is 12.3. The van der Waals surface area contributed by atoms with Gasteiger partial charge in [0.15, 0.2) is 0 Å². The maximum absolute atomic E-state index is 12.3. The van der Waals surface area contributed by atoms with Gasteiger partial charge in [-0.25, -0.2) is 0 Å². The summed E-state index contributed by atoms with van der Waals surface area (Å²) in [6.07, 6.45) is 0. The van der Waals surface area contributed by atoms with Gasteiger partial charge in [-0.15, -0.1) is 0 Å². The number of amides is 1. The fourth-order valence-electron chi connectivity index (χ4n) is 1.80. The van der Waals surface area contributed by atoms with E-state index >= 15 is 0 Å². The predicted molar refractivity (Wildman–Crippen MR) is 82.4 cm³/mol. The van der Waals surface area contributed by atoms with Gasteiger partial charge in [-0.2, -0.15) is 0 Å². The van der Waals surface area contributed by atoms with Crippen molar-refractivity contribution in [1.82, 2.24) is 0 Å². The molecular weight excluding hydrogens is 304 g/mol. The summed E-state index contributed by atoms with van der Waals surface area (Å²) in [5.41, 5.74) is 9.61. The Labute approximate surface area is 121 Å². The molecule has 2 rings (SSSR count). The molecule has 0 unspecified atom stereocenters. The first-order valence-electron chi connectivity index (χ1n) is 5.91. The molecule has 4 heteroatoms. The lowest BCUT2D eigenvalue weighted by Crippen LogP contribution is -2.14. The van der Waals surface area contributed by atoms with Crippen molar-refractivity contribution in [3.05, 3.63) is 57.6 Å². The number of halogens is 1. The zero-order valence-corrected chi connectivity index (χ0v) is 12.4. The van der Waals surface area contributed by atoms with Gasteiger partial charge >= 0.3 is 0 Å². The lowest BCUT2D eigenvalue weighted by molar-refractivity contribution is 0.102. The third-order valence-corrected chi connectivity index (χ3v) is 3.45. The van der Waals surface area contributed by atoms with Crippen molar-refractivity contribution < 1.29 is 4.79 Å². The number of hydrogen-bond acceptors (Lipinski definition) is 2. The summed E-state index contributed by atoms with van der Waals surface area (Å²) in [7, 11) is 0. The van der Waals surface area contributed by atoms with E-state index in [-0.39, 0.29) is 5.91 Å². The highest BCUT2D eigenvalue weighted by Crippen LogP contribution is 2.22. The molecule has 0 atom stereocenters. The molecule has 1 amide bonds. The van der Waals surface area contributed by atoms with Gasteiger partial charge in [-0.3, -0.25) is 4.79 Å². The fourth-order valence-corrected chi connectivity index (χ4v) is 2.16. The molecule has 0 spiro atoms. The van der Waals surface area contributed by atoms with Crippen LogP contribution in [0.15, 0.2) is 40.9 Å². The minimum atomic E-state index is -0.147. The number of carbonyl (C=O) groups excluding carboxylic acids is 1. The largest absolute Gasteiger partial charge is 0.399 e. The van der Waals surface area contributed by atoms with Crippen LogP contribution in [0.1, 0.15) is 21.5 Å². The second-order valence-corrected chi connectivity index (χ2v) is 5.40. The maximum Gasteiger partial charge on any atom is 0.256 e. The van der Waals surface area contributed by atoms with E-state index in [1.54, 1.807) is 12.1 Å². The Morgan fingerprint density at radius 2 is 1.79 bits per heavy atom.